The summed E-state index contributed by atoms with van der Waals surface area (Å²) < 4.78 is 41.8. The number of nitrogen functional groups attached to an aromatic ring is 2. The number of nitrogens with one attached hydrogen (secondary N) is 11. The number of alkyl halides is 3. The van der Waals surface area contributed by atoms with E-state index in [1.807, 2.05) is 86.6 Å². The van der Waals surface area contributed by atoms with Crippen LogP contribution in [0.3, 0.4) is 0 Å². The molecule has 0 aliphatic heterocycles. The number of rotatable bonds is 38. The summed E-state index contributed by atoms with van der Waals surface area (Å²) in [4.78, 5) is 109. The smallest absolute Gasteiger partial charge is 0.405 e. The van der Waals surface area contributed by atoms with Crippen molar-refractivity contribution in [3.8, 4) is 5.75 Å². The molecule has 784 valence electrons. The number of anilines is 14. The number of carbonyl (C=O) groups is 1. The van der Waals surface area contributed by atoms with Gasteiger partial charge >= 0.3 is 34.8 Å². The molecule has 1 amide bonds. The van der Waals surface area contributed by atoms with E-state index in [4.69, 9.17) is 51.7 Å². The second-order valence-electron chi connectivity index (χ2n) is 37.5. The topological polar surface area (TPSA) is 689 Å². The molecule has 5 saturated carbocycles. The van der Waals surface area contributed by atoms with Crippen molar-refractivity contribution in [2.75, 3.05) is 122 Å². The van der Waals surface area contributed by atoms with E-state index in [2.05, 4.69) is 119 Å². The van der Waals surface area contributed by atoms with Gasteiger partial charge in [0, 0.05) is 150 Å². The molecule has 0 radical (unpaired) electrons. The van der Waals surface area contributed by atoms with Crippen LogP contribution in [0.5, 0.6) is 5.75 Å². The highest BCUT2D eigenvalue weighted by atomic mass is 35.5. The van der Waals surface area contributed by atoms with Crippen LogP contribution in [0.1, 0.15) is 170 Å². The van der Waals surface area contributed by atoms with Gasteiger partial charge in [-0.2, -0.15) is 24.9 Å². The van der Waals surface area contributed by atoms with Crippen molar-refractivity contribution >= 4 is 128 Å². The average molecular weight is 2040 g/mol. The van der Waals surface area contributed by atoms with Crippen LogP contribution in [0.25, 0.3) is 0 Å². The first-order valence-corrected chi connectivity index (χ1v) is 48.8. The first kappa shape index (κ1) is 111. The number of hydrogen-bond acceptors (Lipinski definition) is 40. The van der Waals surface area contributed by atoms with Crippen molar-refractivity contribution in [3.05, 3.63) is 230 Å². The van der Waals surface area contributed by atoms with E-state index >= 15 is 0 Å². The van der Waals surface area contributed by atoms with E-state index in [-0.39, 0.29) is 123 Å². The summed E-state index contributed by atoms with van der Waals surface area (Å²) in [5.74, 6) is 3.81. The molecule has 5 aliphatic carbocycles. The van der Waals surface area contributed by atoms with E-state index in [0.717, 1.165) is 163 Å². The number of para-hydroxylation sites is 1. The van der Waals surface area contributed by atoms with E-state index < -0.39 is 31.0 Å². The van der Waals surface area contributed by atoms with E-state index in [9.17, 15) is 68.5 Å². The van der Waals surface area contributed by atoms with Crippen molar-refractivity contribution in [1.82, 2.24) is 49.8 Å². The van der Waals surface area contributed by atoms with Crippen LogP contribution < -0.4 is 108 Å². The molecule has 5 fully saturated rings. The third kappa shape index (κ3) is 37.0. The summed E-state index contributed by atoms with van der Waals surface area (Å²) in [5, 5.41) is 90.6. The zero-order valence-electron chi connectivity index (χ0n) is 81.9. The molecule has 5 aromatic carbocycles. The highest BCUT2D eigenvalue weighted by Gasteiger charge is 2.34. The number of nitrogens with zero attached hydrogens (tertiary/aromatic N) is 16. The third-order valence-corrected chi connectivity index (χ3v) is 25.9. The molecule has 15 rings (SSSR count). The number of hydrogen-bond donors (Lipinski definition) is 18. The monoisotopic (exact) mass is 2040 g/mol. The molecule has 50 heteroatoms. The molecular formula is C96H130ClF3N34O12. The zero-order chi connectivity index (χ0) is 105. The number of aromatic nitrogens is 10. The Morgan fingerprint density at radius 3 is 1.07 bits per heavy atom. The van der Waals surface area contributed by atoms with Crippen molar-refractivity contribution in [2.24, 2.45) is 58.3 Å². The van der Waals surface area contributed by atoms with Gasteiger partial charge in [-0.3, -0.25) is 55.4 Å². The standard InChI is InChI=1S/C20H25F3N6O3.C20H27N7O3.C20H29N7O2.C18H24ClN7O2.C18H25N7O2/c1-19(24)8-6-13(7-9-19)10-25-17-15(29(30)31)12-27-18(28-17)26-11-14-4-2-3-5-16(14)32-20(21,22)23;1-13(28)25-17-4-2-3-15(9-17)11-23-20-24-12-18(27(29)30)19(26-20)22-10-14-5-7-16(21)8-6-14;1-26(2)17-5-3-4-15(10-17)12-23-20-24-13-18(27(28)29)19(25-20)22-11-14-6-8-16(21)9-7-14;19-15-6-5-14(21)7-12(15)9-23-18-24-10-16(26(27)28)17(25-18)22-8-11-1-3-13(20)4-2-11;19-14-6-4-12(5-7-14)9-21-17-16(25(26)27)11-23-18(24-17)22-10-13-2-1-3-15(20)8-13/h2-5,12-13H,6-11,24H2,1H3,(H2,25,26,27,28);2-4,9,12,14,16H,5-8,10-11,21H2,1H3,(H,25,28)(H2,22,23,24,26);3-5,10,13-14,16H,6-9,11-12,21H2,1-2H3,(H2,22,23,24,25);5-7,10-11,13H,1-4,8-9,20-21H2,(H2,22,23,24,25);1-3,8,11-12,14H,4-7,9-10,19-20H2,(H2,21,22,23,24). The molecule has 0 saturated heterocycles. The first-order valence-electron chi connectivity index (χ1n) is 48.4. The Bertz CT molecular complexity index is 5970. The van der Waals surface area contributed by atoms with Crippen molar-refractivity contribution in [3.63, 3.8) is 0 Å². The Balaban J connectivity index is 0.000000174. The van der Waals surface area contributed by atoms with Crippen LogP contribution in [0, 0.1) is 80.2 Å². The van der Waals surface area contributed by atoms with Crippen molar-refractivity contribution in [2.45, 2.75) is 211 Å². The van der Waals surface area contributed by atoms with Gasteiger partial charge in [-0.15, -0.1) is 13.2 Å². The molecule has 5 heterocycles. The number of halogens is 4. The van der Waals surface area contributed by atoms with Gasteiger partial charge in [-0.05, 0) is 248 Å². The van der Waals surface area contributed by atoms with Crippen LogP contribution in [0.15, 0.2) is 146 Å². The molecule has 5 aliphatic rings. The van der Waals surface area contributed by atoms with Crippen LogP contribution in [-0.4, -0.2) is 163 Å². The van der Waals surface area contributed by atoms with Gasteiger partial charge in [0.2, 0.25) is 64.7 Å². The Labute approximate surface area is 846 Å². The summed E-state index contributed by atoms with van der Waals surface area (Å²) in [5.41, 5.74) is 47.5. The van der Waals surface area contributed by atoms with Gasteiger partial charge in [-0.1, -0.05) is 66.2 Å². The Hall–Kier alpha value is -15.0. The fourth-order valence-electron chi connectivity index (χ4n) is 17.0. The fraction of sp³-hybridized carbons (Fsp3) is 0.469. The third-order valence-electron chi connectivity index (χ3n) is 25.6. The van der Waals surface area contributed by atoms with E-state index in [0.29, 0.717) is 128 Å². The highest BCUT2D eigenvalue weighted by Crippen LogP contribution is 2.37. The molecule has 0 bridgehead atoms. The Morgan fingerprint density at radius 1 is 0.411 bits per heavy atom. The zero-order valence-corrected chi connectivity index (χ0v) is 82.6. The lowest BCUT2D eigenvalue weighted by atomic mass is 9.78. The maximum atomic E-state index is 12.6. The summed E-state index contributed by atoms with van der Waals surface area (Å²) in [6.45, 7) is 8.17. The number of amides is 1. The number of ether oxygens (including phenoxy) is 1. The highest BCUT2D eigenvalue weighted by molar-refractivity contribution is 6.31. The van der Waals surface area contributed by atoms with Gasteiger partial charge in [-0.25, -0.2) is 24.9 Å². The second-order valence-corrected chi connectivity index (χ2v) is 37.9. The van der Waals surface area contributed by atoms with Crippen LogP contribution >= 0.6 is 11.6 Å². The predicted molar refractivity (Wildman–Crippen MR) is 558 cm³/mol. The summed E-state index contributed by atoms with van der Waals surface area (Å²) >= 11 is 6.16. The lowest BCUT2D eigenvalue weighted by molar-refractivity contribution is -0.384. The molecular weight excluding hydrogens is 1910 g/mol. The molecule has 5 aromatic heterocycles. The fourth-order valence-corrected chi connectivity index (χ4v) is 17.2. The second kappa shape index (κ2) is 54.7. The predicted octanol–water partition coefficient (Wildman–Crippen LogP) is 15.8. The van der Waals surface area contributed by atoms with Crippen LogP contribution in [0.4, 0.5) is 123 Å². The van der Waals surface area contributed by atoms with Gasteiger partial charge in [0.25, 0.3) is 0 Å². The number of nitrogens with two attached hydrogens (primary N) is 7. The van der Waals surface area contributed by atoms with E-state index in [1.165, 1.54) is 49.9 Å². The maximum Gasteiger partial charge on any atom is 0.573 e. The molecule has 0 spiro atoms. The van der Waals surface area contributed by atoms with Gasteiger partial charge < -0.3 is 108 Å². The Morgan fingerprint density at radius 2 is 0.726 bits per heavy atom. The summed E-state index contributed by atoms with van der Waals surface area (Å²) in [6, 6.07) is 34.9. The van der Waals surface area contributed by atoms with Crippen molar-refractivity contribution in [1.29, 1.82) is 0 Å². The lowest BCUT2D eigenvalue weighted by Crippen LogP contribution is -2.41. The number of carbonyl (C=O) groups excluding carboxylic acids is 1. The Kier molecular flexibility index (Phi) is 41.7. The minimum Gasteiger partial charge on any atom is -0.405 e. The average Bonchev–Trinajstić information content (AvgIpc) is 0.833. The quantitative estimate of drug-likeness (QED) is 0.00971. The SMILES string of the molecule is CC(=O)Nc1cccc(CNc2ncc([N+](=O)[O-])c(NCC3CCC(N)CC3)n2)c1.CC1(N)CCC(CNc2nc(NCc3ccccc3OC(F)(F)F)ncc2[N+](=O)[O-])CC1.CN(C)c1cccc(CNc2ncc([N+](=O)[O-])c(NCC3CCC(N)CC3)n2)c1.Nc1ccc(Cl)c(CNc2ncc([N+](=O)[O-])c(NCC3CCC(N)CC3)n2)c1.Nc1cccc(CNc2ncc([N+](=O)[O-])c(NCC3CCC(N)CC3)n2)c1. The molecule has 0 unspecified atom stereocenters. The van der Waals surface area contributed by atoms with Gasteiger partial charge in [0.1, 0.15) is 36.7 Å². The molecule has 0 atom stereocenters. The van der Waals surface area contributed by atoms with Crippen LogP contribution in [-0.2, 0) is 37.5 Å². The largest absolute Gasteiger partial charge is 0.573 e. The summed E-state index contributed by atoms with van der Waals surface area (Å²) in [7, 11) is 3.98. The molecule has 146 heavy (non-hydrogen) atoms. The lowest BCUT2D eigenvalue weighted by Gasteiger charge is -2.34. The van der Waals surface area contributed by atoms with Gasteiger partial charge in [0.05, 0.1) is 24.6 Å². The summed E-state index contributed by atoms with van der Waals surface area (Å²) in [6.07, 6.45) is 20.7. The minimum absolute atomic E-state index is 0.0399. The van der Waals surface area contributed by atoms with E-state index in [1.54, 1.807) is 30.3 Å². The molecule has 46 nitrogen and oxygen atoms in total. The van der Waals surface area contributed by atoms with Crippen LogP contribution in [0.2, 0.25) is 5.02 Å². The van der Waals surface area contributed by atoms with Gasteiger partial charge in [0.15, 0.2) is 0 Å². The molecule has 25 N–H and O–H groups in total. The maximum absolute atomic E-state index is 12.6. The number of nitro groups is 5. The first-order chi connectivity index (χ1) is 69.8. The van der Waals surface area contributed by atoms with Crippen molar-refractivity contribution < 1.29 is 47.3 Å². The number of benzene rings is 5. The normalized spacial score (nSPS) is 19.4. The minimum atomic E-state index is -4.82. The molecule has 10 aromatic rings.